The van der Waals surface area contributed by atoms with Crippen LogP contribution in [0, 0.1) is 6.92 Å². The predicted octanol–water partition coefficient (Wildman–Crippen LogP) is 2.90. The Balaban J connectivity index is 1.67. The zero-order valence-corrected chi connectivity index (χ0v) is 11.8. The van der Waals surface area contributed by atoms with E-state index in [-0.39, 0.29) is 0 Å². The minimum absolute atomic E-state index is 0.521. The monoisotopic (exact) mass is 268 g/mol. The fourth-order valence-electron chi connectivity index (χ4n) is 2.22. The Morgan fingerprint density at radius 2 is 1.95 bits per heavy atom. The van der Waals surface area contributed by atoms with Gasteiger partial charge in [-0.25, -0.2) is 9.97 Å². The van der Waals surface area contributed by atoms with E-state index in [4.69, 9.17) is 5.73 Å². The number of nitrogen functional groups attached to an aromatic ring is 1. The first-order valence-electron chi connectivity index (χ1n) is 7.16. The molecule has 0 atom stereocenters. The Labute approximate surface area is 119 Å². The lowest BCUT2D eigenvalue weighted by Gasteiger charge is -2.11. The van der Waals surface area contributed by atoms with Gasteiger partial charge in [-0.05, 0) is 31.7 Å². The van der Waals surface area contributed by atoms with Crippen LogP contribution in [0.5, 0.6) is 0 Å². The number of anilines is 2. The molecule has 0 radical (unpaired) electrons. The first-order valence-corrected chi connectivity index (χ1v) is 7.16. The zero-order valence-electron chi connectivity index (χ0n) is 11.8. The lowest BCUT2D eigenvalue weighted by atomic mass is 10.1. The second-order valence-corrected chi connectivity index (χ2v) is 5.38. The van der Waals surface area contributed by atoms with E-state index < -0.39 is 0 Å². The molecule has 1 aliphatic rings. The van der Waals surface area contributed by atoms with Crippen LogP contribution < -0.4 is 11.1 Å². The van der Waals surface area contributed by atoms with Crippen molar-refractivity contribution >= 4 is 11.6 Å². The molecule has 4 nitrogen and oxygen atoms in total. The Morgan fingerprint density at radius 1 is 1.20 bits per heavy atom. The summed E-state index contributed by atoms with van der Waals surface area (Å²) in [5, 5.41) is 3.39. The SMILES string of the molecule is Cc1c(N)nc(C2CC2)nc1NCCc1ccccc1. The Morgan fingerprint density at radius 3 is 2.65 bits per heavy atom. The maximum absolute atomic E-state index is 5.98. The highest BCUT2D eigenvalue weighted by Crippen LogP contribution is 2.39. The quantitative estimate of drug-likeness (QED) is 0.875. The second-order valence-electron chi connectivity index (χ2n) is 5.38. The standard InChI is InChI=1S/C16H20N4/c1-11-14(17)19-16(13-7-8-13)20-15(11)18-10-9-12-5-3-2-4-6-12/h2-6,13H,7-10H2,1H3,(H3,17,18,19,20). The summed E-state index contributed by atoms with van der Waals surface area (Å²) in [6.07, 6.45) is 3.35. The van der Waals surface area contributed by atoms with Gasteiger partial charge in [0.15, 0.2) is 0 Å². The van der Waals surface area contributed by atoms with Gasteiger partial charge in [-0.1, -0.05) is 30.3 Å². The summed E-state index contributed by atoms with van der Waals surface area (Å²) in [4.78, 5) is 9.01. The van der Waals surface area contributed by atoms with Gasteiger partial charge in [0.2, 0.25) is 0 Å². The fraction of sp³-hybridized carbons (Fsp3) is 0.375. The van der Waals surface area contributed by atoms with Gasteiger partial charge in [0.05, 0.1) is 0 Å². The van der Waals surface area contributed by atoms with Gasteiger partial charge in [0.25, 0.3) is 0 Å². The van der Waals surface area contributed by atoms with Gasteiger partial charge in [-0.15, -0.1) is 0 Å². The van der Waals surface area contributed by atoms with Crippen LogP contribution in [-0.2, 0) is 6.42 Å². The fourth-order valence-corrected chi connectivity index (χ4v) is 2.22. The van der Waals surface area contributed by atoms with Crippen molar-refractivity contribution in [2.24, 2.45) is 0 Å². The maximum Gasteiger partial charge on any atom is 0.136 e. The molecule has 3 N–H and O–H groups in total. The number of hydrogen-bond donors (Lipinski definition) is 2. The molecule has 1 fully saturated rings. The molecule has 0 unspecified atom stereocenters. The van der Waals surface area contributed by atoms with Crippen LogP contribution >= 0.6 is 0 Å². The smallest absolute Gasteiger partial charge is 0.136 e. The van der Waals surface area contributed by atoms with Crippen LogP contribution in [0.2, 0.25) is 0 Å². The van der Waals surface area contributed by atoms with E-state index in [0.29, 0.717) is 11.7 Å². The van der Waals surface area contributed by atoms with E-state index in [9.17, 15) is 0 Å². The number of nitrogens with two attached hydrogens (primary N) is 1. The first-order chi connectivity index (χ1) is 9.74. The zero-order chi connectivity index (χ0) is 13.9. The summed E-state index contributed by atoms with van der Waals surface area (Å²) < 4.78 is 0. The molecule has 1 saturated carbocycles. The van der Waals surface area contributed by atoms with E-state index in [2.05, 4.69) is 39.6 Å². The second kappa shape index (κ2) is 5.49. The molecule has 0 saturated heterocycles. The molecule has 0 aliphatic heterocycles. The number of rotatable bonds is 5. The molecule has 4 heteroatoms. The summed E-state index contributed by atoms with van der Waals surface area (Å²) in [5.74, 6) is 2.90. The molecule has 1 aromatic heterocycles. The van der Waals surface area contributed by atoms with Crippen molar-refractivity contribution < 1.29 is 0 Å². The summed E-state index contributed by atoms with van der Waals surface area (Å²) in [5.41, 5.74) is 8.25. The van der Waals surface area contributed by atoms with Crippen molar-refractivity contribution in [2.45, 2.75) is 32.1 Å². The molecule has 1 heterocycles. The first kappa shape index (κ1) is 12.9. The minimum Gasteiger partial charge on any atom is -0.383 e. The summed E-state index contributed by atoms with van der Waals surface area (Å²) >= 11 is 0. The van der Waals surface area contributed by atoms with Crippen molar-refractivity contribution in [1.29, 1.82) is 0 Å². The lowest BCUT2D eigenvalue weighted by Crippen LogP contribution is -2.11. The number of nitrogens with one attached hydrogen (secondary N) is 1. The molecule has 2 aromatic rings. The Kier molecular flexibility index (Phi) is 3.54. The van der Waals surface area contributed by atoms with Crippen LogP contribution in [0.3, 0.4) is 0 Å². The van der Waals surface area contributed by atoms with Crippen LogP contribution in [0.4, 0.5) is 11.6 Å². The van der Waals surface area contributed by atoms with Crippen molar-refractivity contribution in [3.8, 4) is 0 Å². The van der Waals surface area contributed by atoms with Gasteiger partial charge >= 0.3 is 0 Å². The average Bonchev–Trinajstić information content (AvgIpc) is 3.29. The highest BCUT2D eigenvalue weighted by molar-refractivity contribution is 5.55. The molecule has 1 aromatic carbocycles. The van der Waals surface area contributed by atoms with E-state index in [1.54, 1.807) is 0 Å². The van der Waals surface area contributed by atoms with Crippen molar-refractivity contribution in [3.63, 3.8) is 0 Å². The van der Waals surface area contributed by atoms with Crippen molar-refractivity contribution in [1.82, 2.24) is 9.97 Å². The van der Waals surface area contributed by atoms with Crippen LogP contribution in [0.15, 0.2) is 30.3 Å². The van der Waals surface area contributed by atoms with Gasteiger partial charge in [0.1, 0.15) is 17.5 Å². The number of aromatic nitrogens is 2. The van der Waals surface area contributed by atoms with E-state index in [1.165, 1.54) is 18.4 Å². The van der Waals surface area contributed by atoms with Gasteiger partial charge in [0, 0.05) is 18.0 Å². The van der Waals surface area contributed by atoms with Gasteiger partial charge < -0.3 is 11.1 Å². The van der Waals surface area contributed by atoms with E-state index in [1.807, 2.05) is 13.0 Å². The van der Waals surface area contributed by atoms with Crippen molar-refractivity contribution in [2.75, 3.05) is 17.6 Å². The number of nitrogens with zero attached hydrogens (tertiary/aromatic N) is 2. The average molecular weight is 268 g/mol. The molecule has 0 amide bonds. The lowest BCUT2D eigenvalue weighted by molar-refractivity contribution is 0.911. The van der Waals surface area contributed by atoms with E-state index >= 15 is 0 Å². The molecule has 1 aliphatic carbocycles. The summed E-state index contributed by atoms with van der Waals surface area (Å²) in [7, 11) is 0. The Hall–Kier alpha value is -2.10. The minimum atomic E-state index is 0.521. The van der Waals surface area contributed by atoms with Crippen LogP contribution in [0.1, 0.15) is 35.7 Å². The molecule has 20 heavy (non-hydrogen) atoms. The molecule has 0 spiro atoms. The van der Waals surface area contributed by atoms with E-state index in [0.717, 1.165) is 30.2 Å². The van der Waals surface area contributed by atoms with Crippen LogP contribution in [0.25, 0.3) is 0 Å². The highest BCUT2D eigenvalue weighted by Gasteiger charge is 2.27. The molecule has 104 valence electrons. The van der Waals surface area contributed by atoms with Gasteiger partial charge in [-0.3, -0.25) is 0 Å². The summed E-state index contributed by atoms with van der Waals surface area (Å²) in [6, 6.07) is 10.4. The molecule has 3 rings (SSSR count). The molecule has 0 bridgehead atoms. The normalized spacial score (nSPS) is 14.2. The van der Waals surface area contributed by atoms with Crippen molar-refractivity contribution in [3.05, 3.63) is 47.3 Å². The summed E-state index contributed by atoms with van der Waals surface area (Å²) in [6.45, 7) is 2.82. The topological polar surface area (TPSA) is 63.8 Å². The molecular formula is C16H20N4. The number of hydrogen-bond acceptors (Lipinski definition) is 4. The van der Waals surface area contributed by atoms with Gasteiger partial charge in [-0.2, -0.15) is 0 Å². The number of benzene rings is 1. The predicted molar refractivity (Wildman–Crippen MR) is 81.8 cm³/mol. The third kappa shape index (κ3) is 2.90. The highest BCUT2D eigenvalue weighted by atomic mass is 15.1. The molecular weight excluding hydrogens is 248 g/mol. The third-order valence-corrected chi connectivity index (χ3v) is 3.69. The largest absolute Gasteiger partial charge is 0.383 e. The maximum atomic E-state index is 5.98. The third-order valence-electron chi connectivity index (χ3n) is 3.69. The van der Waals surface area contributed by atoms with Crippen LogP contribution in [-0.4, -0.2) is 16.5 Å². The Bertz CT molecular complexity index is 591.